The lowest BCUT2D eigenvalue weighted by Gasteiger charge is -2.24. The molecule has 1 amide bonds. The van der Waals surface area contributed by atoms with E-state index in [2.05, 4.69) is 5.32 Å². The number of hydrogen-bond donors (Lipinski definition) is 3. The quantitative estimate of drug-likeness (QED) is 0.771. The number of alkyl halides is 3. The first kappa shape index (κ1) is 16.5. The number of aliphatic hydroxyl groups excluding tert-OH is 1. The first-order valence-electron chi connectivity index (χ1n) is 5.94. The summed E-state index contributed by atoms with van der Waals surface area (Å²) in [6.45, 7) is 3.10. The van der Waals surface area contributed by atoms with Crippen LogP contribution in [-0.2, 0) is 11.0 Å². The number of hydrogen-bond acceptors (Lipinski definition) is 3. The highest BCUT2D eigenvalue weighted by Crippen LogP contribution is 2.29. The number of halogens is 3. The standard InChI is InChI=1S/C13H17F3N2O2/c1-12(2,11(17)20)18-7-10(19)8-3-5-9(6-4-8)13(14,15)16/h3-6,10,18-19H,7H2,1-2H3,(H2,17,20). The molecule has 1 atom stereocenters. The van der Waals surface area contributed by atoms with Crippen LogP contribution in [0.4, 0.5) is 13.2 Å². The molecule has 0 aliphatic carbocycles. The maximum absolute atomic E-state index is 12.4. The number of rotatable bonds is 5. The molecule has 1 aromatic rings. The zero-order valence-electron chi connectivity index (χ0n) is 11.2. The summed E-state index contributed by atoms with van der Waals surface area (Å²) in [6, 6.07) is 4.20. The third kappa shape index (κ3) is 4.21. The van der Waals surface area contributed by atoms with Gasteiger partial charge in [-0.15, -0.1) is 0 Å². The molecule has 0 aliphatic rings. The number of aliphatic hydroxyl groups is 1. The predicted octanol–water partition coefficient (Wildman–Crippen LogP) is 1.59. The van der Waals surface area contributed by atoms with Gasteiger partial charge in [0.1, 0.15) is 0 Å². The molecule has 0 saturated heterocycles. The van der Waals surface area contributed by atoms with Crippen molar-refractivity contribution in [3.8, 4) is 0 Å². The Morgan fingerprint density at radius 1 is 1.30 bits per heavy atom. The van der Waals surface area contributed by atoms with Crippen LogP contribution in [-0.4, -0.2) is 23.1 Å². The molecule has 0 bridgehead atoms. The summed E-state index contributed by atoms with van der Waals surface area (Å²) in [7, 11) is 0. The number of amides is 1. The first-order chi connectivity index (χ1) is 9.04. The molecule has 0 heterocycles. The molecule has 7 heteroatoms. The summed E-state index contributed by atoms with van der Waals surface area (Å²) in [6.07, 6.45) is -5.44. The fourth-order valence-corrected chi connectivity index (χ4v) is 1.45. The van der Waals surface area contributed by atoms with E-state index in [1.54, 1.807) is 13.8 Å². The van der Waals surface area contributed by atoms with Gasteiger partial charge in [0.25, 0.3) is 0 Å². The van der Waals surface area contributed by atoms with Gasteiger partial charge in [0.2, 0.25) is 5.91 Å². The van der Waals surface area contributed by atoms with Gasteiger partial charge in [0, 0.05) is 6.54 Å². The maximum atomic E-state index is 12.4. The molecule has 20 heavy (non-hydrogen) atoms. The van der Waals surface area contributed by atoms with E-state index in [0.29, 0.717) is 5.56 Å². The number of β-amino-alcohol motifs (C(OH)–C–C–N with tert-alkyl or cyclic N) is 1. The summed E-state index contributed by atoms with van der Waals surface area (Å²) < 4.78 is 37.2. The number of carbonyl (C=O) groups is 1. The average Bonchev–Trinajstić information content (AvgIpc) is 2.35. The third-order valence-electron chi connectivity index (χ3n) is 2.98. The van der Waals surface area contributed by atoms with E-state index in [1.807, 2.05) is 0 Å². The lowest BCUT2D eigenvalue weighted by molar-refractivity contribution is -0.137. The molecular formula is C13H17F3N2O2. The normalized spacial score (nSPS) is 14.1. The Balaban J connectivity index is 2.69. The topological polar surface area (TPSA) is 75.3 Å². The van der Waals surface area contributed by atoms with Crippen molar-refractivity contribution >= 4 is 5.91 Å². The highest BCUT2D eigenvalue weighted by Gasteiger charge is 2.30. The summed E-state index contributed by atoms with van der Waals surface area (Å²) in [4.78, 5) is 11.1. The maximum Gasteiger partial charge on any atom is 0.416 e. The smallest absolute Gasteiger partial charge is 0.387 e. The van der Waals surface area contributed by atoms with Crippen LogP contribution in [0.15, 0.2) is 24.3 Å². The van der Waals surface area contributed by atoms with E-state index >= 15 is 0 Å². The van der Waals surface area contributed by atoms with E-state index in [0.717, 1.165) is 12.1 Å². The van der Waals surface area contributed by atoms with Crippen molar-refractivity contribution < 1.29 is 23.1 Å². The Bertz CT molecular complexity index is 469. The molecule has 1 unspecified atom stereocenters. The second kappa shape index (κ2) is 5.80. The van der Waals surface area contributed by atoms with Crippen LogP contribution in [0.3, 0.4) is 0 Å². The monoisotopic (exact) mass is 290 g/mol. The number of carbonyl (C=O) groups excluding carboxylic acids is 1. The van der Waals surface area contributed by atoms with Crippen LogP contribution in [0.25, 0.3) is 0 Å². The molecule has 1 rings (SSSR count). The van der Waals surface area contributed by atoms with Crippen molar-refractivity contribution in [3.05, 3.63) is 35.4 Å². The fraction of sp³-hybridized carbons (Fsp3) is 0.462. The molecule has 4 nitrogen and oxygen atoms in total. The molecule has 1 aromatic carbocycles. The van der Waals surface area contributed by atoms with E-state index in [1.165, 1.54) is 12.1 Å². The number of nitrogens with one attached hydrogen (secondary N) is 1. The lowest BCUT2D eigenvalue weighted by Crippen LogP contribution is -2.51. The van der Waals surface area contributed by atoms with Gasteiger partial charge in [-0.05, 0) is 31.5 Å². The van der Waals surface area contributed by atoms with Crippen LogP contribution in [0.5, 0.6) is 0 Å². The molecule has 0 radical (unpaired) electrons. The van der Waals surface area contributed by atoms with E-state index < -0.39 is 29.3 Å². The summed E-state index contributed by atoms with van der Waals surface area (Å²) >= 11 is 0. The molecule has 0 saturated carbocycles. The largest absolute Gasteiger partial charge is 0.416 e. The van der Waals surface area contributed by atoms with Crippen LogP contribution in [0, 0.1) is 0 Å². The van der Waals surface area contributed by atoms with Gasteiger partial charge in [0.15, 0.2) is 0 Å². The Labute approximate surface area is 114 Å². The summed E-state index contributed by atoms with van der Waals surface area (Å²) in [5.74, 6) is -0.586. The molecule has 0 aliphatic heterocycles. The molecule has 112 valence electrons. The van der Waals surface area contributed by atoms with Crippen molar-refractivity contribution in [2.24, 2.45) is 5.73 Å². The molecule has 0 aromatic heterocycles. The zero-order valence-corrected chi connectivity index (χ0v) is 11.2. The highest BCUT2D eigenvalue weighted by atomic mass is 19.4. The molecule has 4 N–H and O–H groups in total. The van der Waals surface area contributed by atoms with E-state index in [9.17, 15) is 23.1 Å². The molecule has 0 spiro atoms. The Morgan fingerprint density at radius 2 is 1.80 bits per heavy atom. The average molecular weight is 290 g/mol. The lowest BCUT2D eigenvalue weighted by atomic mass is 10.0. The second-order valence-corrected chi connectivity index (χ2v) is 5.01. The van der Waals surface area contributed by atoms with Gasteiger partial charge < -0.3 is 16.2 Å². The van der Waals surface area contributed by atoms with Crippen molar-refractivity contribution in [1.29, 1.82) is 0 Å². The number of benzene rings is 1. The second-order valence-electron chi connectivity index (χ2n) is 5.01. The predicted molar refractivity (Wildman–Crippen MR) is 67.7 cm³/mol. The van der Waals surface area contributed by atoms with Gasteiger partial charge in [-0.2, -0.15) is 13.2 Å². The minimum Gasteiger partial charge on any atom is -0.387 e. The van der Waals surface area contributed by atoms with Crippen molar-refractivity contribution in [1.82, 2.24) is 5.32 Å². The highest BCUT2D eigenvalue weighted by molar-refractivity contribution is 5.83. The Morgan fingerprint density at radius 3 is 2.20 bits per heavy atom. The van der Waals surface area contributed by atoms with E-state index in [-0.39, 0.29) is 6.54 Å². The van der Waals surface area contributed by atoms with Gasteiger partial charge >= 0.3 is 6.18 Å². The molecule has 0 fully saturated rings. The Kier molecular flexibility index (Phi) is 4.77. The van der Waals surface area contributed by atoms with Gasteiger partial charge in [-0.3, -0.25) is 4.79 Å². The third-order valence-corrected chi connectivity index (χ3v) is 2.98. The van der Waals surface area contributed by atoms with Crippen molar-refractivity contribution in [3.63, 3.8) is 0 Å². The fourth-order valence-electron chi connectivity index (χ4n) is 1.45. The molecular weight excluding hydrogens is 273 g/mol. The first-order valence-corrected chi connectivity index (χ1v) is 5.94. The number of nitrogens with two attached hydrogens (primary N) is 1. The van der Waals surface area contributed by atoms with Crippen LogP contribution in [0.1, 0.15) is 31.1 Å². The minimum absolute atomic E-state index is 0.00129. The van der Waals surface area contributed by atoms with Crippen molar-refractivity contribution in [2.75, 3.05) is 6.54 Å². The SMILES string of the molecule is CC(C)(NCC(O)c1ccc(C(F)(F)F)cc1)C(N)=O. The van der Waals surface area contributed by atoms with Gasteiger partial charge in [-0.1, -0.05) is 12.1 Å². The summed E-state index contributed by atoms with van der Waals surface area (Å²) in [5.41, 5.74) is 3.69. The van der Waals surface area contributed by atoms with E-state index in [4.69, 9.17) is 5.73 Å². The minimum atomic E-state index is -4.41. The zero-order chi connectivity index (χ0) is 15.6. The number of primary amides is 1. The van der Waals surface area contributed by atoms with Crippen LogP contribution < -0.4 is 11.1 Å². The van der Waals surface area contributed by atoms with Gasteiger partial charge in [-0.25, -0.2) is 0 Å². The van der Waals surface area contributed by atoms with Gasteiger partial charge in [0.05, 0.1) is 17.2 Å². The Hall–Kier alpha value is -1.60. The van der Waals surface area contributed by atoms with Crippen LogP contribution in [0.2, 0.25) is 0 Å². The summed E-state index contributed by atoms with van der Waals surface area (Å²) in [5, 5.41) is 12.6. The van der Waals surface area contributed by atoms with Crippen LogP contribution >= 0.6 is 0 Å². The van der Waals surface area contributed by atoms with Crippen molar-refractivity contribution in [2.45, 2.75) is 31.7 Å².